The molecule has 0 aromatic heterocycles. The quantitative estimate of drug-likeness (QED) is 0.917. The number of likely N-dealkylation sites (tertiary alicyclic amines) is 1. The van der Waals surface area contributed by atoms with Gasteiger partial charge in [-0.1, -0.05) is 30.3 Å². The van der Waals surface area contributed by atoms with Crippen molar-refractivity contribution in [3.63, 3.8) is 0 Å². The summed E-state index contributed by atoms with van der Waals surface area (Å²) in [7, 11) is 0. The van der Waals surface area contributed by atoms with Crippen LogP contribution in [0.2, 0.25) is 0 Å². The molecule has 2 aliphatic rings. The first kappa shape index (κ1) is 17.0. The number of carboxylic acids is 1. The highest BCUT2D eigenvalue weighted by atomic mass is 16.4. The van der Waals surface area contributed by atoms with E-state index in [-0.39, 0.29) is 11.9 Å². The Hall–Kier alpha value is -1.84. The number of nitrogens with zero attached hydrogens (tertiary/aromatic N) is 1. The van der Waals surface area contributed by atoms with Crippen LogP contribution in [0.25, 0.3) is 0 Å². The van der Waals surface area contributed by atoms with Gasteiger partial charge in [0.1, 0.15) is 0 Å². The van der Waals surface area contributed by atoms with Gasteiger partial charge in [-0.05, 0) is 56.4 Å². The van der Waals surface area contributed by atoms with Crippen LogP contribution >= 0.6 is 0 Å². The summed E-state index contributed by atoms with van der Waals surface area (Å²) in [6, 6.07) is 10.5. The maximum Gasteiger partial charge on any atom is 0.308 e. The van der Waals surface area contributed by atoms with E-state index in [1.165, 1.54) is 5.56 Å². The van der Waals surface area contributed by atoms with Crippen LogP contribution in [0.15, 0.2) is 30.3 Å². The van der Waals surface area contributed by atoms with Crippen LogP contribution in [0.5, 0.6) is 0 Å². The van der Waals surface area contributed by atoms with Crippen molar-refractivity contribution in [1.29, 1.82) is 0 Å². The van der Waals surface area contributed by atoms with E-state index in [9.17, 15) is 14.7 Å². The van der Waals surface area contributed by atoms with E-state index in [1.54, 1.807) is 4.90 Å². The first-order valence-corrected chi connectivity index (χ1v) is 9.13. The van der Waals surface area contributed by atoms with Gasteiger partial charge in [-0.25, -0.2) is 0 Å². The molecule has 1 N–H and O–H groups in total. The van der Waals surface area contributed by atoms with E-state index in [2.05, 4.69) is 30.3 Å². The second kappa shape index (κ2) is 7.37. The molecule has 1 aliphatic heterocycles. The minimum absolute atomic E-state index is 0.148. The summed E-state index contributed by atoms with van der Waals surface area (Å²) in [5.41, 5.74) is 1.42. The van der Waals surface area contributed by atoms with Crippen molar-refractivity contribution < 1.29 is 14.7 Å². The first-order valence-electron chi connectivity index (χ1n) is 9.13. The maximum absolute atomic E-state index is 12.6. The second-order valence-corrected chi connectivity index (χ2v) is 7.39. The Morgan fingerprint density at radius 2 is 1.75 bits per heavy atom. The smallest absolute Gasteiger partial charge is 0.308 e. The zero-order chi connectivity index (χ0) is 17.1. The molecule has 1 saturated carbocycles. The molecule has 2 unspecified atom stereocenters. The summed E-state index contributed by atoms with van der Waals surface area (Å²) in [5, 5.41) is 9.20. The van der Waals surface area contributed by atoms with Crippen LogP contribution in [-0.2, 0) is 9.59 Å². The molecular formula is C20H27NO3. The van der Waals surface area contributed by atoms with E-state index < -0.39 is 11.9 Å². The van der Waals surface area contributed by atoms with Gasteiger partial charge in [0.15, 0.2) is 0 Å². The lowest BCUT2D eigenvalue weighted by atomic mass is 9.77. The third-order valence-electron chi connectivity index (χ3n) is 5.97. The predicted molar refractivity (Wildman–Crippen MR) is 92.7 cm³/mol. The monoisotopic (exact) mass is 329 g/mol. The number of amides is 1. The average Bonchev–Trinajstić information content (AvgIpc) is 2.98. The number of carbonyl (C=O) groups is 2. The number of carboxylic acid groups (broad SMARTS) is 1. The van der Waals surface area contributed by atoms with Gasteiger partial charge in [0.2, 0.25) is 5.91 Å². The highest BCUT2D eigenvalue weighted by Gasteiger charge is 2.38. The van der Waals surface area contributed by atoms with Crippen LogP contribution in [0.4, 0.5) is 0 Å². The van der Waals surface area contributed by atoms with E-state index in [0.717, 1.165) is 25.7 Å². The molecule has 1 aromatic carbocycles. The molecule has 0 spiro atoms. The standard InChI is InChI=1S/C20H27NO3/c1-14-18(20(23)24)11-12-21(14)19(22)13-15-7-9-17(10-8-15)16-5-3-2-4-6-16/h2-6,14-15,17-18H,7-13H2,1H3,(H,23,24). The van der Waals surface area contributed by atoms with Gasteiger partial charge in [0, 0.05) is 19.0 Å². The molecule has 1 amide bonds. The van der Waals surface area contributed by atoms with Crippen LogP contribution in [0.1, 0.15) is 56.9 Å². The normalized spacial score (nSPS) is 30.3. The lowest BCUT2D eigenvalue weighted by Crippen LogP contribution is -2.38. The molecule has 2 atom stereocenters. The van der Waals surface area contributed by atoms with Crippen molar-refractivity contribution in [3.05, 3.63) is 35.9 Å². The summed E-state index contributed by atoms with van der Waals surface area (Å²) >= 11 is 0. The van der Waals surface area contributed by atoms with Crippen molar-refractivity contribution in [1.82, 2.24) is 4.90 Å². The van der Waals surface area contributed by atoms with Gasteiger partial charge in [-0.3, -0.25) is 9.59 Å². The highest BCUT2D eigenvalue weighted by Crippen LogP contribution is 2.37. The molecule has 130 valence electrons. The molecule has 4 heteroatoms. The van der Waals surface area contributed by atoms with E-state index >= 15 is 0 Å². The number of benzene rings is 1. The Morgan fingerprint density at radius 3 is 2.33 bits per heavy atom. The van der Waals surface area contributed by atoms with Crippen LogP contribution in [0.3, 0.4) is 0 Å². The number of carbonyl (C=O) groups excluding carboxylic acids is 1. The van der Waals surface area contributed by atoms with Crippen LogP contribution < -0.4 is 0 Å². The number of rotatable bonds is 4. The van der Waals surface area contributed by atoms with Gasteiger partial charge < -0.3 is 10.0 Å². The molecule has 1 saturated heterocycles. The van der Waals surface area contributed by atoms with E-state index in [0.29, 0.717) is 31.2 Å². The van der Waals surface area contributed by atoms with Crippen LogP contribution in [0, 0.1) is 11.8 Å². The zero-order valence-corrected chi connectivity index (χ0v) is 14.4. The Morgan fingerprint density at radius 1 is 1.08 bits per heavy atom. The molecule has 0 radical (unpaired) electrons. The Bertz CT molecular complexity index is 578. The average molecular weight is 329 g/mol. The fraction of sp³-hybridized carbons (Fsp3) is 0.600. The van der Waals surface area contributed by atoms with Crippen LogP contribution in [-0.4, -0.2) is 34.5 Å². The largest absolute Gasteiger partial charge is 0.481 e. The molecule has 4 nitrogen and oxygen atoms in total. The zero-order valence-electron chi connectivity index (χ0n) is 14.4. The van der Waals surface area contributed by atoms with Crippen molar-refractivity contribution >= 4 is 11.9 Å². The summed E-state index contributed by atoms with van der Waals surface area (Å²) in [6.45, 7) is 2.46. The molecule has 2 fully saturated rings. The lowest BCUT2D eigenvalue weighted by molar-refractivity contribution is -0.143. The first-order chi connectivity index (χ1) is 11.6. The molecule has 1 heterocycles. The summed E-state index contributed by atoms with van der Waals surface area (Å²) in [5.74, 6) is 0.0477. The minimum atomic E-state index is -0.777. The number of hydrogen-bond donors (Lipinski definition) is 1. The van der Waals surface area contributed by atoms with E-state index in [1.807, 2.05) is 6.92 Å². The number of aliphatic carboxylic acids is 1. The lowest BCUT2D eigenvalue weighted by Gasteiger charge is -2.30. The summed E-state index contributed by atoms with van der Waals surface area (Å²) in [4.78, 5) is 25.6. The van der Waals surface area contributed by atoms with Gasteiger partial charge in [-0.2, -0.15) is 0 Å². The molecule has 24 heavy (non-hydrogen) atoms. The second-order valence-electron chi connectivity index (χ2n) is 7.39. The third-order valence-corrected chi connectivity index (χ3v) is 5.97. The Balaban J connectivity index is 1.49. The van der Waals surface area contributed by atoms with Crippen molar-refractivity contribution in [2.45, 2.75) is 57.4 Å². The molecule has 0 bridgehead atoms. The molecule has 1 aliphatic carbocycles. The topological polar surface area (TPSA) is 57.6 Å². The predicted octanol–water partition coefficient (Wildman–Crippen LogP) is 3.67. The molecule has 1 aromatic rings. The third kappa shape index (κ3) is 3.63. The van der Waals surface area contributed by atoms with Crippen molar-refractivity contribution in [2.24, 2.45) is 11.8 Å². The number of hydrogen-bond acceptors (Lipinski definition) is 2. The SMILES string of the molecule is CC1C(C(=O)O)CCN1C(=O)CC1CCC(c2ccccc2)CC1. The van der Waals surface area contributed by atoms with Gasteiger partial charge in [0.05, 0.1) is 5.92 Å². The van der Waals surface area contributed by atoms with Crippen molar-refractivity contribution in [2.75, 3.05) is 6.54 Å². The maximum atomic E-state index is 12.6. The van der Waals surface area contributed by atoms with Gasteiger partial charge >= 0.3 is 5.97 Å². The van der Waals surface area contributed by atoms with E-state index in [4.69, 9.17) is 0 Å². The van der Waals surface area contributed by atoms with Gasteiger partial charge in [-0.15, -0.1) is 0 Å². The fourth-order valence-corrected chi connectivity index (χ4v) is 4.41. The minimum Gasteiger partial charge on any atom is -0.481 e. The fourth-order valence-electron chi connectivity index (χ4n) is 4.41. The highest BCUT2D eigenvalue weighted by molar-refractivity contribution is 5.79. The van der Waals surface area contributed by atoms with Crippen molar-refractivity contribution in [3.8, 4) is 0 Å². The Labute approximate surface area is 143 Å². The molecular weight excluding hydrogens is 302 g/mol. The van der Waals surface area contributed by atoms with Gasteiger partial charge in [0.25, 0.3) is 0 Å². The summed E-state index contributed by atoms with van der Waals surface area (Å²) < 4.78 is 0. The molecule has 3 rings (SSSR count). The Kier molecular flexibility index (Phi) is 5.22. The summed E-state index contributed by atoms with van der Waals surface area (Å²) in [6.07, 6.45) is 5.65.